The third-order valence-electron chi connectivity index (χ3n) is 6.78. The first-order valence-corrected chi connectivity index (χ1v) is 10.9. The molecule has 2 aliphatic heterocycles. The van der Waals surface area contributed by atoms with E-state index >= 15 is 0 Å². The number of carbonyl (C=O) groups excluding carboxylic acids is 2. The van der Waals surface area contributed by atoms with Gasteiger partial charge in [-0.3, -0.25) is 9.69 Å². The monoisotopic (exact) mass is 405 g/mol. The van der Waals surface area contributed by atoms with Gasteiger partial charge in [0, 0.05) is 37.7 Å². The minimum Gasteiger partial charge on any atom is -0.508 e. The molecule has 6 nitrogen and oxygen atoms in total. The first-order chi connectivity index (χ1) is 14.6. The van der Waals surface area contributed by atoms with Crippen molar-refractivity contribution in [3.05, 3.63) is 59.2 Å². The van der Waals surface area contributed by atoms with Crippen molar-refractivity contribution in [1.82, 2.24) is 10.2 Å². The van der Waals surface area contributed by atoms with Crippen molar-refractivity contribution in [1.29, 1.82) is 0 Å². The van der Waals surface area contributed by atoms with Crippen molar-refractivity contribution in [3.63, 3.8) is 0 Å². The molecular weight excluding hydrogens is 378 g/mol. The van der Waals surface area contributed by atoms with Crippen molar-refractivity contribution in [3.8, 4) is 5.75 Å². The van der Waals surface area contributed by atoms with E-state index in [2.05, 4.69) is 11.4 Å². The molecule has 2 heterocycles. The summed E-state index contributed by atoms with van der Waals surface area (Å²) >= 11 is 0. The molecule has 1 aliphatic carbocycles. The number of hydrogen-bond donors (Lipinski definition) is 2. The third kappa shape index (κ3) is 3.30. The number of aromatic hydroxyl groups is 1. The number of anilines is 1. The Bertz CT molecular complexity index is 989. The lowest BCUT2D eigenvalue weighted by Gasteiger charge is -2.23. The number of phenolic OH excluding ortho intramolecular Hbond substituents is 1. The Morgan fingerprint density at radius 3 is 2.77 bits per heavy atom. The van der Waals surface area contributed by atoms with E-state index in [1.54, 1.807) is 6.07 Å². The first-order valence-electron chi connectivity index (χ1n) is 10.9. The zero-order valence-electron chi connectivity index (χ0n) is 17.0. The lowest BCUT2D eigenvalue weighted by molar-refractivity contribution is -0.127. The van der Waals surface area contributed by atoms with E-state index in [0.717, 1.165) is 55.6 Å². The Morgan fingerprint density at radius 1 is 1.10 bits per heavy atom. The van der Waals surface area contributed by atoms with Crippen LogP contribution in [0.5, 0.6) is 5.75 Å². The van der Waals surface area contributed by atoms with Gasteiger partial charge in [0.2, 0.25) is 5.91 Å². The summed E-state index contributed by atoms with van der Waals surface area (Å²) in [5, 5.41) is 13.3. The molecule has 2 unspecified atom stereocenters. The average Bonchev–Trinajstić information content (AvgIpc) is 3.45. The van der Waals surface area contributed by atoms with Crippen LogP contribution in [0.2, 0.25) is 0 Å². The number of carbonyl (C=O) groups is 2. The number of nitrogens with zero attached hydrogens (tertiary/aromatic N) is 2. The Kier molecular flexibility index (Phi) is 4.85. The number of phenols is 1. The number of para-hydroxylation sites is 1. The Labute approximate surface area is 176 Å². The molecule has 2 N–H and O–H groups in total. The zero-order chi connectivity index (χ0) is 20.7. The third-order valence-corrected chi connectivity index (χ3v) is 6.78. The van der Waals surface area contributed by atoms with Crippen molar-refractivity contribution in [2.24, 2.45) is 0 Å². The first kappa shape index (κ1) is 19.0. The van der Waals surface area contributed by atoms with E-state index in [4.69, 9.17) is 0 Å². The fourth-order valence-corrected chi connectivity index (χ4v) is 5.20. The standard InChI is InChI=1S/C24H27N3O3/c28-22-8-3-6-18-19(22)10-11-20(18)25-24(30)27-15-16(17-5-1-2-7-21(17)27)12-14-26-13-4-9-23(26)29/h1-3,5-8,16,20,28H,4,9-15H2,(H,25,30). The van der Waals surface area contributed by atoms with E-state index < -0.39 is 0 Å². The van der Waals surface area contributed by atoms with Crippen LogP contribution in [-0.4, -0.2) is 41.6 Å². The van der Waals surface area contributed by atoms with Gasteiger partial charge in [-0.15, -0.1) is 0 Å². The molecule has 5 rings (SSSR count). The summed E-state index contributed by atoms with van der Waals surface area (Å²) in [5.74, 6) is 0.798. The van der Waals surface area contributed by atoms with Gasteiger partial charge in [-0.25, -0.2) is 4.79 Å². The Balaban J connectivity index is 1.30. The molecule has 0 aromatic heterocycles. The van der Waals surface area contributed by atoms with Crippen LogP contribution in [-0.2, 0) is 11.2 Å². The van der Waals surface area contributed by atoms with Crippen molar-refractivity contribution < 1.29 is 14.7 Å². The van der Waals surface area contributed by atoms with Gasteiger partial charge in [-0.2, -0.15) is 0 Å². The van der Waals surface area contributed by atoms with Crippen LogP contribution in [0, 0.1) is 0 Å². The van der Waals surface area contributed by atoms with Crippen LogP contribution in [0.15, 0.2) is 42.5 Å². The smallest absolute Gasteiger partial charge is 0.322 e. The summed E-state index contributed by atoms with van der Waals surface area (Å²) in [5.41, 5.74) is 4.10. The van der Waals surface area contributed by atoms with E-state index in [1.807, 2.05) is 40.1 Å². The molecule has 2 aromatic rings. The molecular formula is C24H27N3O3. The minimum absolute atomic E-state index is 0.0759. The number of amides is 3. The SMILES string of the molecule is O=C1CCCN1CCC1CN(C(=O)NC2CCc3c(O)cccc32)c2ccccc21. The van der Waals surface area contributed by atoms with Gasteiger partial charge in [0.1, 0.15) is 5.75 Å². The highest BCUT2D eigenvalue weighted by molar-refractivity contribution is 5.95. The Hall–Kier alpha value is -3.02. The normalized spacial score (nSPS) is 22.3. The molecule has 156 valence electrons. The fourth-order valence-electron chi connectivity index (χ4n) is 5.20. The molecule has 1 fully saturated rings. The maximum atomic E-state index is 13.2. The maximum absolute atomic E-state index is 13.2. The molecule has 2 atom stereocenters. The van der Waals surface area contributed by atoms with Crippen LogP contribution < -0.4 is 10.2 Å². The molecule has 0 spiro atoms. The number of likely N-dealkylation sites (tertiary alicyclic amines) is 1. The van der Waals surface area contributed by atoms with E-state index in [0.29, 0.717) is 18.7 Å². The molecule has 1 saturated heterocycles. The van der Waals surface area contributed by atoms with Gasteiger partial charge in [-0.1, -0.05) is 30.3 Å². The highest BCUT2D eigenvalue weighted by Gasteiger charge is 2.35. The van der Waals surface area contributed by atoms with Crippen LogP contribution in [0.3, 0.4) is 0 Å². The van der Waals surface area contributed by atoms with Gasteiger partial charge in [0.15, 0.2) is 0 Å². The molecule has 2 aromatic carbocycles. The molecule has 3 amide bonds. The molecule has 6 heteroatoms. The quantitative estimate of drug-likeness (QED) is 0.815. The van der Waals surface area contributed by atoms with Crippen molar-refractivity contribution >= 4 is 17.6 Å². The summed E-state index contributed by atoms with van der Waals surface area (Å²) in [6.07, 6.45) is 4.05. The van der Waals surface area contributed by atoms with Gasteiger partial charge in [-0.05, 0) is 54.5 Å². The summed E-state index contributed by atoms with van der Waals surface area (Å²) in [7, 11) is 0. The molecule has 30 heavy (non-hydrogen) atoms. The van der Waals surface area contributed by atoms with Crippen molar-refractivity contribution in [2.75, 3.05) is 24.5 Å². The molecule has 3 aliphatic rings. The summed E-state index contributed by atoms with van der Waals surface area (Å²) in [6.45, 7) is 2.24. The highest BCUT2D eigenvalue weighted by atomic mass is 16.3. The number of urea groups is 1. The number of fused-ring (bicyclic) bond motifs is 2. The molecule has 0 radical (unpaired) electrons. The predicted octanol–water partition coefficient (Wildman–Crippen LogP) is 3.71. The summed E-state index contributed by atoms with van der Waals surface area (Å²) in [6, 6.07) is 13.4. The van der Waals surface area contributed by atoms with Crippen LogP contribution in [0.1, 0.15) is 54.3 Å². The van der Waals surface area contributed by atoms with E-state index in [-0.39, 0.29) is 23.9 Å². The number of rotatable bonds is 4. The largest absolute Gasteiger partial charge is 0.508 e. The zero-order valence-corrected chi connectivity index (χ0v) is 17.0. The average molecular weight is 405 g/mol. The summed E-state index contributed by atoms with van der Waals surface area (Å²) in [4.78, 5) is 28.9. The van der Waals surface area contributed by atoms with Crippen LogP contribution >= 0.6 is 0 Å². The van der Waals surface area contributed by atoms with Crippen molar-refractivity contribution in [2.45, 2.75) is 44.1 Å². The van der Waals surface area contributed by atoms with Crippen LogP contribution in [0.4, 0.5) is 10.5 Å². The molecule has 0 bridgehead atoms. The lowest BCUT2D eigenvalue weighted by atomic mass is 9.98. The highest BCUT2D eigenvalue weighted by Crippen LogP contribution is 2.40. The fraction of sp³-hybridized carbons (Fsp3) is 0.417. The minimum atomic E-state index is -0.0941. The van der Waals surface area contributed by atoms with Gasteiger partial charge in [0.25, 0.3) is 0 Å². The van der Waals surface area contributed by atoms with E-state index in [1.165, 1.54) is 5.56 Å². The van der Waals surface area contributed by atoms with Gasteiger partial charge >= 0.3 is 6.03 Å². The van der Waals surface area contributed by atoms with Crippen LogP contribution in [0.25, 0.3) is 0 Å². The second-order valence-corrected chi connectivity index (χ2v) is 8.53. The lowest BCUT2D eigenvalue weighted by Crippen LogP contribution is -2.41. The number of hydrogen-bond acceptors (Lipinski definition) is 3. The number of nitrogens with one attached hydrogen (secondary N) is 1. The maximum Gasteiger partial charge on any atom is 0.322 e. The second-order valence-electron chi connectivity index (χ2n) is 8.53. The predicted molar refractivity (Wildman–Crippen MR) is 115 cm³/mol. The topological polar surface area (TPSA) is 72.9 Å². The molecule has 0 saturated carbocycles. The van der Waals surface area contributed by atoms with E-state index in [9.17, 15) is 14.7 Å². The van der Waals surface area contributed by atoms with Gasteiger partial charge in [0.05, 0.1) is 6.04 Å². The number of benzene rings is 2. The Morgan fingerprint density at radius 2 is 1.93 bits per heavy atom. The summed E-state index contributed by atoms with van der Waals surface area (Å²) < 4.78 is 0. The van der Waals surface area contributed by atoms with Gasteiger partial charge < -0.3 is 15.3 Å². The second kappa shape index (κ2) is 7.67.